The van der Waals surface area contributed by atoms with E-state index < -0.39 is 5.41 Å². The van der Waals surface area contributed by atoms with Crippen LogP contribution in [0.25, 0.3) is 0 Å². The Kier molecular flexibility index (Phi) is 3.14. The smallest absolute Gasteiger partial charge is 0.230 e. The maximum Gasteiger partial charge on any atom is 0.230 e. The van der Waals surface area contributed by atoms with Crippen LogP contribution in [0.15, 0.2) is 0 Å². The number of fused-ring (bicyclic) bond motifs is 2. The fourth-order valence-electron chi connectivity index (χ4n) is 4.80. The summed E-state index contributed by atoms with van der Waals surface area (Å²) in [4.78, 5) is 27.6. The van der Waals surface area contributed by atoms with Gasteiger partial charge in [-0.05, 0) is 37.5 Å². The van der Waals surface area contributed by atoms with Crippen molar-refractivity contribution in [1.29, 1.82) is 0 Å². The van der Waals surface area contributed by atoms with Gasteiger partial charge in [0, 0.05) is 18.5 Å². The van der Waals surface area contributed by atoms with Crippen LogP contribution in [0.5, 0.6) is 0 Å². The van der Waals surface area contributed by atoms with Crippen molar-refractivity contribution >= 4 is 27.6 Å². The number of nitrogens with zero attached hydrogens (tertiary/aromatic N) is 1. The number of halogens is 1. The number of carbonyl (C=O) groups is 2. The maximum absolute atomic E-state index is 13.2. The predicted octanol–water partition coefficient (Wildman–Crippen LogP) is 3.16. The Morgan fingerprint density at radius 1 is 1.15 bits per heavy atom. The molecule has 20 heavy (non-hydrogen) atoms. The number of carbonyl (C=O) groups excluding carboxylic acids is 2. The molecule has 0 aromatic rings. The molecule has 2 saturated carbocycles. The monoisotopic (exact) mass is 341 g/mol. The van der Waals surface area contributed by atoms with Crippen LogP contribution in [-0.4, -0.2) is 34.5 Å². The topological polar surface area (TPSA) is 37.4 Å². The molecular weight excluding hydrogens is 318 g/mol. The van der Waals surface area contributed by atoms with Crippen molar-refractivity contribution in [2.45, 2.75) is 57.7 Å². The Bertz CT molecular complexity index is 469. The third-order valence-corrected chi connectivity index (χ3v) is 7.94. The Morgan fingerprint density at radius 2 is 1.75 bits per heavy atom. The first-order valence-corrected chi connectivity index (χ1v) is 8.68. The number of piperidine rings is 1. The van der Waals surface area contributed by atoms with Crippen molar-refractivity contribution in [3.63, 3.8) is 0 Å². The molecule has 1 amide bonds. The molecule has 0 unspecified atom stereocenters. The fourth-order valence-corrected chi connectivity index (χ4v) is 6.31. The predicted molar refractivity (Wildman–Crippen MR) is 81.7 cm³/mol. The summed E-state index contributed by atoms with van der Waals surface area (Å²) in [5.74, 6) is 0.456. The van der Waals surface area contributed by atoms with Crippen LogP contribution < -0.4 is 0 Å². The third kappa shape index (κ3) is 1.42. The number of likely N-dealkylation sites (tertiary alicyclic amines) is 1. The first-order valence-electron chi connectivity index (χ1n) is 7.77. The average molecular weight is 342 g/mol. The van der Waals surface area contributed by atoms with Gasteiger partial charge in [0.2, 0.25) is 5.91 Å². The SMILES string of the molecule is CC1(C)[C@@]2(C)CC[C@]1(C(=O)N1CCCCC1)[C@@H](Br)C2=O. The van der Waals surface area contributed by atoms with Crippen LogP contribution in [-0.2, 0) is 9.59 Å². The van der Waals surface area contributed by atoms with E-state index in [2.05, 4.69) is 36.7 Å². The van der Waals surface area contributed by atoms with Gasteiger partial charge in [0.15, 0.2) is 5.78 Å². The quantitative estimate of drug-likeness (QED) is 0.687. The zero-order valence-corrected chi connectivity index (χ0v) is 14.3. The highest BCUT2D eigenvalue weighted by Gasteiger charge is 2.77. The van der Waals surface area contributed by atoms with E-state index in [1.54, 1.807) is 0 Å². The number of ketones is 1. The van der Waals surface area contributed by atoms with Gasteiger partial charge < -0.3 is 4.90 Å². The van der Waals surface area contributed by atoms with Gasteiger partial charge in [-0.2, -0.15) is 0 Å². The number of hydrogen-bond donors (Lipinski definition) is 0. The minimum Gasteiger partial charge on any atom is -0.342 e. The molecular formula is C16H24BrNO2. The highest BCUT2D eigenvalue weighted by molar-refractivity contribution is 9.10. The Hall–Kier alpha value is -0.380. The van der Waals surface area contributed by atoms with Crippen molar-refractivity contribution < 1.29 is 9.59 Å². The van der Waals surface area contributed by atoms with Crippen LogP contribution in [0, 0.1) is 16.2 Å². The largest absolute Gasteiger partial charge is 0.342 e. The van der Waals surface area contributed by atoms with Crippen LogP contribution in [0.3, 0.4) is 0 Å². The van der Waals surface area contributed by atoms with E-state index in [9.17, 15) is 9.59 Å². The number of rotatable bonds is 1. The zero-order valence-electron chi connectivity index (χ0n) is 12.7. The second-order valence-electron chi connectivity index (χ2n) is 7.51. The lowest BCUT2D eigenvalue weighted by atomic mass is 9.64. The number of alkyl halides is 1. The van der Waals surface area contributed by atoms with Gasteiger partial charge in [0.1, 0.15) is 0 Å². The number of Topliss-reactive ketones (excluding diaryl/α,β-unsaturated/α-hetero) is 1. The molecule has 2 bridgehead atoms. The molecule has 3 fully saturated rings. The summed E-state index contributed by atoms with van der Waals surface area (Å²) in [6.45, 7) is 8.03. The van der Waals surface area contributed by atoms with E-state index in [1.165, 1.54) is 6.42 Å². The fraction of sp³-hybridized carbons (Fsp3) is 0.875. The summed E-state index contributed by atoms with van der Waals surface area (Å²) in [6, 6.07) is 0. The van der Waals surface area contributed by atoms with Crippen molar-refractivity contribution in [3.05, 3.63) is 0 Å². The second kappa shape index (κ2) is 4.31. The Labute approximate surface area is 129 Å². The number of amides is 1. The van der Waals surface area contributed by atoms with Gasteiger partial charge in [0.25, 0.3) is 0 Å². The van der Waals surface area contributed by atoms with E-state index in [0.29, 0.717) is 0 Å². The van der Waals surface area contributed by atoms with Crippen molar-refractivity contribution in [2.75, 3.05) is 13.1 Å². The van der Waals surface area contributed by atoms with Crippen molar-refractivity contribution in [3.8, 4) is 0 Å². The van der Waals surface area contributed by atoms with Crippen LogP contribution in [0.2, 0.25) is 0 Å². The Morgan fingerprint density at radius 3 is 2.25 bits per heavy atom. The van der Waals surface area contributed by atoms with E-state index in [-0.39, 0.29) is 27.3 Å². The molecule has 0 spiro atoms. The summed E-state index contributed by atoms with van der Waals surface area (Å²) < 4.78 is 0. The van der Waals surface area contributed by atoms with E-state index in [0.717, 1.165) is 38.8 Å². The molecule has 0 N–H and O–H groups in total. The van der Waals surface area contributed by atoms with Crippen LogP contribution in [0.1, 0.15) is 52.9 Å². The molecule has 0 aromatic heterocycles. The molecule has 0 aromatic carbocycles. The molecule has 112 valence electrons. The normalized spacial score (nSPS) is 43.1. The summed E-state index contributed by atoms with van der Waals surface area (Å²) in [7, 11) is 0. The van der Waals surface area contributed by atoms with Gasteiger partial charge in [-0.3, -0.25) is 9.59 Å². The molecule has 1 saturated heterocycles. The molecule has 1 heterocycles. The van der Waals surface area contributed by atoms with Crippen LogP contribution in [0.4, 0.5) is 0 Å². The molecule has 1 aliphatic heterocycles. The number of hydrogen-bond acceptors (Lipinski definition) is 2. The molecule has 3 nitrogen and oxygen atoms in total. The first-order chi connectivity index (χ1) is 9.29. The third-order valence-electron chi connectivity index (χ3n) is 6.75. The summed E-state index contributed by atoms with van der Waals surface area (Å²) in [5.41, 5.74) is -1.15. The van der Waals surface area contributed by atoms with Gasteiger partial charge >= 0.3 is 0 Å². The average Bonchev–Trinajstić information content (AvgIpc) is 2.71. The van der Waals surface area contributed by atoms with Crippen molar-refractivity contribution in [1.82, 2.24) is 4.90 Å². The van der Waals surface area contributed by atoms with Gasteiger partial charge in [-0.25, -0.2) is 0 Å². The summed E-state index contributed by atoms with van der Waals surface area (Å²) >= 11 is 3.60. The maximum atomic E-state index is 13.2. The van der Waals surface area contributed by atoms with Crippen LogP contribution >= 0.6 is 15.9 Å². The minimum absolute atomic E-state index is 0.221. The first kappa shape index (κ1) is 14.6. The highest BCUT2D eigenvalue weighted by Crippen LogP contribution is 2.72. The van der Waals surface area contributed by atoms with E-state index in [4.69, 9.17) is 0 Å². The highest BCUT2D eigenvalue weighted by atomic mass is 79.9. The Balaban J connectivity index is 2.02. The standard InChI is InChI=1S/C16H24BrNO2/c1-14(2)15(3)7-8-16(14,11(17)12(15)19)13(20)18-9-5-4-6-10-18/h11H,4-10H2,1-3H3/t11-,15-,16+/m0/s1. The molecule has 2 aliphatic carbocycles. The summed E-state index contributed by atoms with van der Waals surface area (Å²) in [5, 5.41) is 0. The van der Waals surface area contributed by atoms with Gasteiger partial charge in [0.05, 0.1) is 10.2 Å². The second-order valence-corrected chi connectivity index (χ2v) is 8.42. The molecule has 3 rings (SSSR count). The van der Waals surface area contributed by atoms with E-state index >= 15 is 0 Å². The zero-order chi connectivity index (χ0) is 14.8. The minimum atomic E-state index is -0.532. The van der Waals surface area contributed by atoms with E-state index in [1.807, 2.05) is 4.90 Å². The van der Waals surface area contributed by atoms with Crippen molar-refractivity contribution in [2.24, 2.45) is 16.2 Å². The van der Waals surface area contributed by atoms with Gasteiger partial charge in [-0.1, -0.05) is 36.7 Å². The molecule has 0 radical (unpaired) electrons. The lowest BCUT2D eigenvalue weighted by Gasteiger charge is -2.43. The summed E-state index contributed by atoms with van der Waals surface area (Å²) in [6.07, 6.45) is 5.10. The lowest BCUT2D eigenvalue weighted by Crippen LogP contribution is -2.53. The molecule has 3 atom stereocenters. The molecule has 3 aliphatic rings. The lowest BCUT2D eigenvalue weighted by molar-refractivity contribution is -0.148. The molecule has 4 heteroatoms. The van der Waals surface area contributed by atoms with Gasteiger partial charge in [-0.15, -0.1) is 0 Å².